The third kappa shape index (κ3) is 1.53. The monoisotopic (exact) mass is 130 g/mol. The fourth-order valence-electron chi connectivity index (χ4n) is 0.753. The van der Waals surface area contributed by atoms with Crippen LogP contribution < -0.4 is 0 Å². The molecule has 8 heavy (non-hydrogen) atoms. The molecule has 0 amide bonds. The van der Waals surface area contributed by atoms with Crippen molar-refractivity contribution < 1.29 is 5.11 Å². The maximum absolute atomic E-state index is 8.48. The Kier molecular flexibility index (Phi) is 2.43. The summed E-state index contributed by atoms with van der Waals surface area (Å²) in [6.07, 6.45) is 2.07. The van der Waals surface area contributed by atoms with Gasteiger partial charge in [-0.2, -0.15) is 0 Å². The Labute approximate surface area is 53.8 Å². The van der Waals surface area contributed by atoms with Crippen molar-refractivity contribution in [2.45, 2.75) is 12.8 Å². The van der Waals surface area contributed by atoms with Crippen LogP contribution in [0.5, 0.6) is 0 Å². The Hall–Kier alpha value is 0.0500. The van der Waals surface area contributed by atoms with Gasteiger partial charge in [0.25, 0.3) is 0 Å². The Bertz CT molecular complexity index is 98.7. The van der Waals surface area contributed by atoms with Crippen molar-refractivity contribution in [3.8, 4) is 0 Å². The van der Waals surface area contributed by atoms with Crippen LogP contribution in [0.15, 0.2) is 11.0 Å². The molecule has 0 unspecified atom stereocenters. The summed E-state index contributed by atoms with van der Waals surface area (Å²) in [4.78, 5) is 0. The fourth-order valence-corrected chi connectivity index (χ4v) is 1.72. The average Bonchev–Trinajstić information content (AvgIpc) is 2.19. The van der Waals surface area contributed by atoms with Gasteiger partial charge in [0.05, 0.1) is 0 Å². The lowest BCUT2D eigenvalue weighted by molar-refractivity contribution is 0.298. The molecule has 46 valence electrons. The molecule has 1 aliphatic rings. The first kappa shape index (κ1) is 6.17. The molecule has 0 atom stereocenters. The SMILES string of the molecule is OCCC1=CSCC1. The number of rotatable bonds is 2. The molecule has 0 bridgehead atoms. The highest BCUT2D eigenvalue weighted by atomic mass is 32.2. The lowest BCUT2D eigenvalue weighted by atomic mass is 10.2. The molecule has 0 fully saturated rings. The summed E-state index contributed by atoms with van der Waals surface area (Å²) in [7, 11) is 0. The second kappa shape index (κ2) is 3.15. The predicted molar refractivity (Wildman–Crippen MR) is 36.9 cm³/mol. The van der Waals surface area contributed by atoms with E-state index in [0.717, 1.165) is 6.42 Å². The van der Waals surface area contributed by atoms with Crippen molar-refractivity contribution in [3.63, 3.8) is 0 Å². The second-order valence-electron chi connectivity index (χ2n) is 1.87. The van der Waals surface area contributed by atoms with Gasteiger partial charge >= 0.3 is 0 Å². The quantitative estimate of drug-likeness (QED) is 0.609. The van der Waals surface area contributed by atoms with E-state index in [1.807, 2.05) is 11.8 Å². The first-order chi connectivity index (χ1) is 3.93. The Balaban J connectivity index is 2.23. The molecule has 0 aromatic heterocycles. The molecular weight excluding hydrogens is 120 g/mol. The van der Waals surface area contributed by atoms with Crippen LogP contribution in [0.4, 0.5) is 0 Å². The summed E-state index contributed by atoms with van der Waals surface area (Å²) in [5, 5.41) is 10.6. The predicted octanol–water partition coefficient (Wildman–Crippen LogP) is 1.39. The van der Waals surface area contributed by atoms with Crippen molar-refractivity contribution in [1.29, 1.82) is 0 Å². The van der Waals surface area contributed by atoms with Gasteiger partial charge in [0.1, 0.15) is 0 Å². The van der Waals surface area contributed by atoms with E-state index >= 15 is 0 Å². The molecule has 1 N–H and O–H groups in total. The number of hydrogen-bond donors (Lipinski definition) is 1. The minimum Gasteiger partial charge on any atom is -0.396 e. The van der Waals surface area contributed by atoms with Crippen LogP contribution in [0.1, 0.15) is 12.8 Å². The van der Waals surface area contributed by atoms with E-state index in [1.165, 1.54) is 17.7 Å². The van der Waals surface area contributed by atoms with Crippen LogP contribution in [0.3, 0.4) is 0 Å². The smallest absolute Gasteiger partial charge is 0.0468 e. The van der Waals surface area contributed by atoms with Gasteiger partial charge in [-0.05, 0) is 18.2 Å². The van der Waals surface area contributed by atoms with Gasteiger partial charge in [-0.15, -0.1) is 11.8 Å². The summed E-state index contributed by atoms with van der Waals surface area (Å²) in [6, 6.07) is 0. The highest BCUT2D eigenvalue weighted by molar-refractivity contribution is 8.02. The van der Waals surface area contributed by atoms with E-state index in [-0.39, 0.29) is 0 Å². The van der Waals surface area contributed by atoms with Crippen LogP contribution >= 0.6 is 11.8 Å². The second-order valence-corrected chi connectivity index (χ2v) is 2.85. The summed E-state index contributed by atoms with van der Waals surface area (Å²) in [5.41, 5.74) is 1.41. The largest absolute Gasteiger partial charge is 0.396 e. The highest BCUT2D eigenvalue weighted by Crippen LogP contribution is 2.23. The van der Waals surface area contributed by atoms with Crippen molar-refractivity contribution >= 4 is 11.8 Å². The van der Waals surface area contributed by atoms with Crippen LogP contribution in [0.25, 0.3) is 0 Å². The standard InChI is InChI=1S/C6H10OS/c7-3-1-6-2-4-8-5-6/h5,7H,1-4H2. The molecule has 0 saturated carbocycles. The van der Waals surface area contributed by atoms with E-state index in [9.17, 15) is 0 Å². The van der Waals surface area contributed by atoms with Gasteiger partial charge in [-0.3, -0.25) is 0 Å². The molecule has 0 aliphatic carbocycles. The maximum atomic E-state index is 8.48. The molecule has 1 rings (SSSR count). The normalized spacial score (nSPS) is 18.9. The van der Waals surface area contributed by atoms with E-state index in [2.05, 4.69) is 5.41 Å². The van der Waals surface area contributed by atoms with Gasteiger partial charge < -0.3 is 5.11 Å². The number of aliphatic hydroxyl groups is 1. The van der Waals surface area contributed by atoms with Crippen LogP contribution in [-0.2, 0) is 0 Å². The summed E-state index contributed by atoms with van der Waals surface area (Å²) >= 11 is 1.85. The molecule has 1 aliphatic heterocycles. The van der Waals surface area contributed by atoms with E-state index in [0.29, 0.717) is 6.61 Å². The van der Waals surface area contributed by atoms with Gasteiger partial charge in [-0.25, -0.2) is 0 Å². The average molecular weight is 130 g/mol. The van der Waals surface area contributed by atoms with Gasteiger partial charge in [-0.1, -0.05) is 5.57 Å². The number of thioether (sulfide) groups is 1. The van der Waals surface area contributed by atoms with Crippen LogP contribution in [0, 0.1) is 0 Å². The zero-order valence-electron chi connectivity index (χ0n) is 4.76. The van der Waals surface area contributed by atoms with Crippen LogP contribution in [-0.4, -0.2) is 17.5 Å². The Morgan fingerprint density at radius 3 is 3.12 bits per heavy atom. The number of aliphatic hydroxyl groups excluding tert-OH is 1. The van der Waals surface area contributed by atoms with E-state index in [1.54, 1.807) is 0 Å². The zero-order chi connectivity index (χ0) is 5.82. The molecule has 1 nitrogen and oxygen atoms in total. The molecule has 0 aromatic rings. The van der Waals surface area contributed by atoms with Crippen molar-refractivity contribution in [1.82, 2.24) is 0 Å². The van der Waals surface area contributed by atoms with Gasteiger partial charge in [0.15, 0.2) is 0 Å². The molecular formula is C6H10OS. The number of hydrogen-bond acceptors (Lipinski definition) is 2. The highest BCUT2D eigenvalue weighted by Gasteiger charge is 2.02. The molecule has 0 saturated heterocycles. The lowest BCUT2D eigenvalue weighted by Gasteiger charge is -1.92. The molecule has 0 aromatic carbocycles. The third-order valence-electron chi connectivity index (χ3n) is 1.22. The van der Waals surface area contributed by atoms with Crippen molar-refractivity contribution in [3.05, 3.63) is 11.0 Å². The topological polar surface area (TPSA) is 20.2 Å². The fraction of sp³-hybridized carbons (Fsp3) is 0.667. The Morgan fingerprint density at radius 2 is 2.62 bits per heavy atom. The first-order valence-corrected chi connectivity index (χ1v) is 3.89. The summed E-state index contributed by atoms with van der Waals surface area (Å²) in [6.45, 7) is 0.312. The zero-order valence-corrected chi connectivity index (χ0v) is 5.58. The molecule has 1 heterocycles. The summed E-state index contributed by atoms with van der Waals surface area (Å²) < 4.78 is 0. The first-order valence-electron chi connectivity index (χ1n) is 2.84. The van der Waals surface area contributed by atoms with Gasteiger partial charge in [0, 0.05) is 12.4 Å². The van der Waals surface area contributed by atoms with Crippen LogP contribution in [0.2, 0.25) is 0 Å². The van der Waals surface area contributed by atoms with Gasteiger partial charge in [0.2, 0.25) is 0 Å². The van der Waals surface area contributed by atoms with E-state index < -0.39 is 0 Å². The maximum Gasteiger partial charge on any atom is 0.0468 e. The van der Waals surface area contributed by atoms with Crippen molar-refractivity contribution in [2.24, 2.45) is 0 Å². The molecule has 0 spiro atoms. The van der Waals surface area contributed by atoms with Crippen molar-refractivity contribution in [2.75, 3.05) is 12.4 Å². The molecule has 2 heteroatoms. The molecule has 0 radical (unpaired) electrons. The van der Waals surface area contributed by atoms with E-state index in [4.69, 9.17) is 5.11 Å². The Morgan fingerprint density at radius 1 is 1.75 bits per heavy atom. The minimum absolute atomic E-state index is 0.312. The summed E-state index contributed by atoms with van der Waals surface area (Å²) in [5.74, 6) is 1.22. The minimum atomic E-state index is 0.312. The lowest BCUT2D eigenvalue weighted by Crippen LogP contribution is -1.84. The third-order valence-corrected chi connectivity index (χ3v) is 2.16.